The number of ether oxygens (including phenoxy) is 1. The number of rotatable bonds is 6. The van der Waals surface area contributed by atoms with E-state index in [-0.39, 0.29) is 11.9 Å². The van der Waals surface area contributed by atoms with Crippen LogP contribution in [0.3, 0.4) is 0 Å². The molecule has 168 valence electrons. The van der Waals surface area contributed by atoms with Crippen molar-refractivity contribution in [3.05, 3.63) is 94.7 Å². The Labute approximate surface area is 192 Å². The Hall–Kier alpha value is -3.90. The second-order valence-corrected chi connectivity index (χ2v) is 8.13. The van der Waals surface area contributed by atoms with Crippen molar-refractivity contribution in [2.45, 2.75) is 26.4 Å². The molecule has 0 saturated heterocycles. The topological polar surface area (TPSA) is 97.2 Å². The van der Waals surface area contributed by atoms with E-state index in [0.717, 1.165) is 38.7 Å². The Balaban J connectivity index is 1.71. The molecule has 0 bridgehead atoms. The third-order valence-corrected chi connectivity index (χ3v) is 5.91. The highest BCUT2D eigenvalue weighted by Gasteiger charge is 2.18. The first-order valence-electron chi connectivity index (χ1n) is 10.8. The fraction of sp³-hybridized carbons (Fsp3) is 0.185. The van der Waals surface area contributed by atoms with E-state index >= 15 is 0 Å². The molecule has 6 heteroatoms. The van der Waals surface area contributed by atoms with Gasteiger partial charge in [-0.3, -0.25) is 4.79 Å². The van der Waals surface area contributed by atoms with Crippen LogP contribution in [0.15, 0.2) is 66.9 Å². The van der Waals surface area contributed by atoms with Gasteiger partial charge >= 0.3 is 5.97 Å². The summed E-state index contributed by atoms with van der Waals surface area (Å²) in [7, 11) is 1.36. The molecule has 1 amide bonds. The van der Waals surface area contributed by atoms with Gasteiger partial charge in [0.2, 0.25) is 0 Å². The Morgan fingerprint density at radius 2 is 1.88 bits per heavy atom. The number of aryl methyl sites for hydroxylation is 1. The minimum absolute atomic E-state index is 0.141. The van der Waals surface area contributed by atoms with E-state index in [4.69, 9.17) is 10.5 Å². The maximum atomic E-state index is 13.1. The number of nitrogens with two attached hydrogens (primary N) is 1. The molecule has 0 aliphatic carbocycles. The van der Waals surface area contributed by atoms with E-state index in [2.05, 4.69) is 16.4 Å². The summed E-state index contributed by atoms with van der Waals surface area (Å²) in [6.07, 6.45) is 1.63. The number of aromatic amines is 1. The van der Waals surface area contributed by atoms with E-state index in [1.54, 1.807) is 12.3 Å². The Kier molecular flexibility index (Phi) is 6.29. The molecule has 6 nitrogen and oxygen atoms in total. The molecule has 1 aromatic heterocycles. The minimum atomic E-state index is -0.394. The minimum Gasteiger partial charge on any atom is -0.465 e. The molecule has 4 N–H and O–H groups in total. The zero-order valence-electron chi connectivity index (χ0n) is 18.9. The van der Waals surface area contributed by atoms with Crippen molar-refractivity contribution in [3.63, 3.8) is 0 Å². The molecule has 3 aromatic carbocycles. The lowest BCUT2D eigenvalue weighted by atomic mass is 9.95. The number of aromatic nitrogens is 1. The standard InChI is InChI=1S/C27H27N3O3/c1-16-8-9-18(14-28)10-23(16)26(31)30-17(2)24-12-20(11-19-6-4-5-7-22(19)24)25-13-21(15-29-25)27(32)33-3/h4-13,15,17,29H,14,28H2,1-3H3,(H,30,31). The molecule has 1 atom stereocenters. The highest BCUT2D eigenvalue weighted by atomic mass is 16.5. The number of nitrogens with one attached hydrogen (secondary N) is 2. The second kappa shape index (κ2) is 9.30. The average molecular weight is 442 g/mol. The molecule has 1 unspecified atom stereocenters. The highest BCUT2D eigenvalue weighted by molar-refractivity contribution is 5.97. The first-order chi connectivity index (χ1) is 15.9. The first-order valence-corrected chi connectivity index (χ1v) is 10.8. The van der Waals surface area contributed by atoms with Crippen molar-refractivity contribution in [2.75, 3.05) is 7.11 Å². The molecule has 4 aromatic rings. The number of esters is 1. The summed E-state index contributed by atoms with van der Waals surface area (Å²) in [5.41, 5.74) is 11.4. The van der Waals surface area contributed by atoms with Crippen molar-refractivity contribution < 1.29 is 14.3 Å². The fourth-order valence-corrected chi connectivity index (χ4v) is 4.04. The maximum Gasteiger partial charge on any atom is 0.339 e. The maximum absolute atomic E-state index is 13.1. The average Bonchev–Trinajstić information content (AvgIpc) is 3.33. The summed E-state index contributed by atoms with van der Waals surface area (Å²) in [4.78, 5) is 28.1. The van der Waals surface area contributed by atoms with Crippen LogP contribution in [0.25, 0.3) is 22.0 Å². The summed E-state index contributed by atoms with van der Waals surface area (Å²) < 4.78 is 4.82. The quantitative estimate of drug-likeness (QED) is 0.372. The van der Waals surface area contributed by atoms with Crippen LogP contribution in [0, 0.1) is 6.92 Å². The smallest absolute Gasteiger partial charge is 0.339 e. The molecule has 0 aliphatic rings. The van der Waals surface area contributed by atoms with Crippen LogP contribution in [0.4, 0.5) is 0 Å². The predicted octanol–water partition coefficient (Wildman–Crippen LogP) is 4.88. The number of carbonyl (C=O) groups is 2. The zero-order valence-corrected chi connectivity index (χ0v) is 18.9. The van der Waals surface area contributed by atoms with Crippen LogP contribution in [-0.2, 0) is 11.3 Å². The van der Waals surface area contributed by atoms with Crippen LogP contribution in [0.1, 0.15) is 50.4 Å². The van der Waals surface area contributed by atoms with Gasteiger partial charge in [-0.05, 0) is 71.1 Å². The lowest BCUT2D eigenvalue weighted by molar-refractivity contribution is 0.0600. The van der Waals surface area contributed by atoms with E-state index in [1.165, 1.54) is 7.11 Å². The third kappa shape index (κ3) is 4.52. The first kappa shape index (κ1) is 22.3. The van der Waals surface area contributed by atoms with Crippen LogP contribution in [0.2, 0.25) is 0 Å². The van der Waals surface area contributed by atoms with Gasteiger partial charge in [-0.1, -0.05) is 36.4 Å². The number of hydrogen-bond acceptors (Lipinski definition) is 4. The summed E-state index contributed by atoms with van der Waals surface area (Å²) in [5.74, 6) is -0.535. The molecule has 33 heavy (non-hydrogen) atoms. The molecular formula is C27H27N3O3. The Bertz CT molecular complexity index is 1340. The van der Waals surface area contributed by atoms with Crippen molar-refractivity contribution >= 4 is 22.6 Å². The number of H-pyrrole nitrogens is 1. The van der Waals surface area contributed by atoms with Gasteiger partial charge in [-0.25, -0.2) is 4.79 Å². The highest BCUT2D eigenvalue weighted by Crippen LogP contribution is 2.31. The van der Waals surface area contributed by atoms with Gasteiger partial charge in [0.1, 0.15) is 0 Å². The van der Waals surface area contributed by atoms with Crippen LogP contribution < -0.4 is 11.1 Å². The molecule has 1 heterocycles. The van der Waals surface area contributed by atoms with Gasteiger partial charge in [0.05, 0.1) is 18.7 Å². The largest absolute Gasteiger partial charge is 0.465 e. The van der Waals surface area contributed by atoms with Crippen LogP contribution in [0.5, 0.6) is 0 Å². The number of fused-ring (bicyclic) bond motifs is 1. The van der Waals surface area contributed by atoms with Gasteiger partial charge in [-0.15, -0.1) is 0 Å². The molecular weight excluding hydrogens is 414 g/mol. The number of amides is 1. The predicted molar refractivity (Wildman–Crippen MR) is 130 cm³/mol. The molecule has 0 saturated carbocycles. The lowest BCUT2D eigenvalue weighted by Gasteiger charge is -2.19. The number of benzene rings is 3. The number of methoxy groups -OCH3 is 1. The van der Waals surface area contributed by atoms with Gasteiger partial charge in [0.25, 0.3) is 5.91 Å². The van der Waals surface area contributed by atoms with Crippen molar-refractivity contribution in [3.8, 4) is 11.3 Å². The Morgan fingerprint density at radius 3 is 2.64 bits per heavy atom. The van der Waals surface area contributed by atoms with Gasteiger partial charge < -0.3 is 20.8 Å². The Morgan fingerprint density at radius 1 is 1.09 bits per heavy atom. The van der Waals surface area contributed by atoms with E-state index < -0.39 is 5.97 Å². The lowest BCUT2D eigenvalue weighted by Crippen LogP contribution is -2.27. The van der Waals surface area contributed by atoms with Gasteiger partial charge in [0, 0.05) is 24.0 Å². The summed E-state index contributed by atoms with van der Waals surface area (Å²) in [6, 6.07) is 19.4. The molecule has 0 spiro atoms. The van der Waals surface area contributed by atoms with E-state index in [9.17, 15) is 9.59 Å². The van der Waals surface area contributed by atoms with Gasteiger partial charge in [-0.2, -0.15) is 0 Å². The summed E-state index contributed by atoms with van der Waals surface area (Å²) in [5, 5.41) is 5.24. The SMILES string of the molecule is COC(=O)c1c[nH]c(-c2cc(C(C)NC(=O)c3cc(CN)ccc3C)c3ccccc3c2)c1. The fourth-order valence-electron chi connectivity index (χ4n) is 4.04. The van der Waals surface area contributed by atoms with Crippen molar-refractivity contribution in [2.24, 2.45) is 5.73 Å². The van der Waals surface area contributed by atoms with E-state index in [0.29, 0.717) is 17.7 Å². The molecule has 4 rings (SSSR count). The number of carbonyl (C=O) groups excluding carboxylic acids is 2. The zero-order chi connectivity index (χ0) is 23.5. The molecule has 0 aliphatic heterocycles. The van der Waals surface area contributed by atoms with E-state index in [1.807, 2.05) is 62.4 Å². The second-order valence-electron chi connectivity index (χ2n) is 8.13. The van der Waals surface area contributed by atoms with Crippen LogP contribution in [-0.4, -0.2) is 24.0 Å². The summed E-state index contributed by atoms with van der Waals surface area (Å²) in [6.45, 7) is 4.27. The normalized spacial score (nSPS) is 11.9. The van der Waals surface area contributed by atoms with Crippen molar-refractivity contribution in [1.82, 2.24) is 10.3 Å². The molecule has 0 radical (unpaired) electrons. The van der Waals surface area contributed by atoms with Gasteiger partial charge in [0.15, 0.2) is 0 Å². The number of hydrogen-bond donors (Lipinski definition) is 3. The third-order valence-electron chi connectivity index (χ3n) is 5.91. The molecule has 0 fully saturated rings. The van der Waals surface area contributed by atoms with Crippen molar-refractivity contribution in [1.29, 1.82) is 0 Å². The monoisotopic (exact) mass is 441 g/mol. The van der Waals surface area contributed by atoms with Crippen LogP contribution >= 0.6 is 0 Å². The summed E-state index contributed by atoms with van der Waals surface area (Å²) >= 11 is 0.